The number of aliphatic hydroxyl groups excluding tert-OH is 1. The molecule has 0 radical (unpaired) electrons. The van der Waals surface area contributed by atoms with Crippen LogP contribution in [0.3, 0.4) is 0 Å². The fourth-order valence-electron chi connectivity index (χ4n) is 5.26. The van der Waals surface area contributed by atoms with Crippen molar-refractivity contribution < 1.29 is 10.2 Å². The van der Waals surface area contributed by atoms with Crippen LogP contribution in [0.25, 0.3) is 10.9 Å². The zero-order valence-electron chi connectivity index (χ0n) is 11.9. The van der Waals surface area contributed by atoms with Crippen LogP contribution in [0, 0.1) is 11.8 Å². The highest BCUT2D eigenvalue weighted by molar-refractivity contribution is 5.86. The molecule has 2 aliphatic heterocycles. The summed E-state index contributed by atoms with van der Waals surface area (Å²) in [6.45, 7) is 2.54. The van der Waals surface area contributed by atoms with Crippen LogP contribution in [0.1, 0.15) is 23.6 Å². The van der Waals surface area contributed by atoms with Crippen molar-refractivity contribution in [2.24, 2.45) is 11.8 Å². The third-order valence-corrected chi connectivity index (χ3v) is 6.06. The summed E-state index contributed by atoms with van der Waals surface area (Å²) < 4.78 is 0. The van der Waals surface area contributed by atoms with E-state index in [2.05, 4.69) is 9.88 Å². The number of phenols is 1. The maximum atomic E-state index is 9.79. The van der Waals surface area contributed by atoms with Gasteiger partial charge in [-0.2, -0.15) is 0 Å². The number of nitrogens with one attached hydrogen (secondary N) is 1. The van der Waals surface area contributed by atoms with Gasteiger partial charge in [-0.15, -0.1) is 0 Å². The first-order valence-electron chi connectivity index (χ1n) is 7.94. The lowest BCUT2D eigenvalue weighted by molar-refractivity contribution is 0.165. The van der Waals surface area contributed by atoms with Gasteiger partial charge >= 0.3 is 0 Å². The van der Waals surface area contributed by atoms with Crippen molar-refractivity contribution >= 4 is 10.9 Å². The summed E-state index contributed by atoms with van der Waals surface area (Å²) in [7, 11) is 0. The molecule has 0 spiro atoms. The van der Waals surface area contributed by atoms with Crippen LogP contribution in [-0.4, -0.2) is 45.8 Å². The number of phenolic OH excluding ortho intramolecular Hbond substituents is 1. The van der Waals surface area contributed by atoms with E-state index < -0.39 is 0 Å². The number of hydrogen-bond acceptors (Lipinski definition) is 3. The van der Waals surface area contributed by atoms with Gasteiger partial charge < -0.3 is 15.2 Å². The van der Waals surface area contributed by atoms with Crippen LogP contribution < -0.4 is 0 Å². The number of aliphatic hydroxyl groups is 1. The fraction of sp³-hybridized carbons (Fsp3) is 0.529. The Morgan fingerprint density at radius 1 is 1.33 bits per heavy atom. The molecule has 4 heteroatoms. The Morgan fingerprint density at radius 3 is 3.05 bits per heavy atom. The molecule has 1 aromatic heterocycles. The molecule has 2 bridgehead atoms. The summed E-state index contributed by atoms with van der Waals surface area (Å²) in [4.78, 5) is 6.21. The molecule has 1 aliphatic carbocycles. The van der Waals surface area contributed by atoms with Gasteiger partial charge in [0.1, 0.15) is 5.75 Å². The Bertz CT molecular complexity index is 723. The quantitative estimate of drug-likeness (QED) is 0.749. The zero-order valence-corrected chi connectivity index (χ0v) is 11.9. The van der Waals surface area contributed by atoms with Crippen molar-refractivity contribution in [3.05, 3.63) is 29.5 Å². The lowest BCUT2D eigenvalue weighted by Crippen LogP contribution is -2.38. The van der Waals surface area contributed by atoms with E-state index in [1.54, 1.807) is 6.07 Å². The number of aromatic hydroxyl groups is 1. The molecule has 0 amide bonds. The lowest BCUT2D eigenvalue weighted by Gasteiger charge is -2.31. The average Bonchev–Trinajstić information content (AvgIpc) is 3.10. The van der Waals surface area contributed by atoms with Crippen molar-refractivity contribution in [3.8, 4) is 5.75 Å². The minimum absolute atomic E-state index is 0.318. The number of fused-ring (bicyclic) bond motifs is 5. The summed E-state index contributed by atoms with van der Waals surface area (Å²) in [6, 6.07) is 6.13. The van der Waals surface area contributed by atoms with Gasteiger partial charge in [0, 0.05) is 54.2 Å². The summed E-state index contributed by atoms with van der Waals surface area (Å²) >= 11 is 0. The van der Waals surface area contributed by atoms with Crippen LogP contribution >= 0.6 is 0 Å². The summed E-state index contributed by atoms with van der Waals surface area (Å²) in [5.41, 5.74) is 3.89. The van der Waals surface area contributed by atoms with Crippen LogP contribution in [0.2, 0.25) is 0 Å². The number of piperidine rings is 1. The predicted molar refractivity (Wildman–Crippen MR) is 80.5 cm³/mol. The first-order valence-corrected chi connectivity index (χ1v) is 7.94. The standard InChI is InChI=1S/C17H20N2O2/c20-8-14-9-5-13-16-11(3-4-19(7-9)17(13)14)12-6-10(21)1-2-15(12)18-16/h1-2,6,9,13-14,17-18,20-21H,3-5,7-8H2. The molecule has 2 fully saturated rings. The Morgan fingerprint density at radius 2 is 2.24 bits per heavy atom. The van der Waals surface area contributed by atoms with Crippen LogP contribution in [0.15, 0.2) is 18.2 Å². The molecule has 4 nitrogen and oxygen atoms in total. The Kier molecular flexibility index (Phi) is 2.31. The van der Waals surface area contributed by atoms with E-state index in [9.17, 15) is 10.2 Å². The molecule has 1 aromatic carbocycles. The van der Waals surface area contributed by atoms with E-state index in [4.69, 9.17) is 0 Å². The van der Waals surface area contributed by atoms with Gasteiger partial charge in [0.2, 0.25) is 0 Å². The number of rotatable bonds is 1. The van der Waals surface area contributed by atoms with E-state index in [1.165, 1.54) is 23.1 Å². The molecular weight excluding hydrogens is 264 g/mol. The monoisotopic (exact) mass is 284 g/mol. The molecule has 1 saturated heterocycles. The first-order chi connectivity index (χ1) is 10.3. The van der Waals surface area contributed by atoms with Crippen LogP contribution in [-0.2, 0) is 6.42 Å². The maximum Gasteiger partial charge on any atom is 0.116 e. The van der Waals surface area contributed by atoms with Gasteiger partial charge in [0.05, 0.1) is 0 Å². The molecule has 3 aliphatic rings. The molecule has 3 heterocycles. The third kappa shape index (κ3) is 1.47. The van der Waals surface area contributed by atoms with E-state index in [1.807, 2.05) is 12.1 Å². The second-order valence-electron chi connectivity index (χ2n) is 6.93. The number of benzene rings is 1. The highest BCUT2D eigenvalue weighted by Crippen LogP contribution is 2.53. The zero-order chi connectivity index (χ0) is 14.1. The second kappa shape index (κ2) is 4.02. The van der Waals surface area contributed by atoms with E-state index >= 15 is 0 Å². The Balaban J connectivity index is 1.70. The number of nitrogens with zero attached hydrogens (tertiary/aromatic N) is 1. The maximum absolute atomic E-state index is 9.79. The van der Waals surface area contributed by atoms with Gasteiger partial charge in [-0.1, -0.05) is 0 Å². The largest absolute Gasteiger partial charge is 0.508 e. The minimum Gasteiger partial charge on any atom is -0.508 e. The average molecular weight is 284 g/mol. The van der Waals surface area contributed by atoms with Crippen molar-refractivity contribution in [2.45, 2.75) is 24.8 Å². The predicted octanol–water partition coefficient (Wildman–Crippen LogP) is 1.83. The van der Waals surface area contributed by atoms with Crippen molar-refractivity contribution in [3.63, 3.8) is 0 Å². The third-order valence-electron chi connectivity index (χ3n) is 6.06. The normalized spacial score (nSPS) is 34.3. The molecule has 21 heavy (non-hydrogen) atoms. The molecule has 2 aromatic rings. The summed E-state index contributed by atoms with van der Waals surface area (Å²) in [5.74, 6) is 1.96. The number of H-pyrrole nitrogens is 1. The van der Waals surface area contributed by atoms with E-state index in [-0.39, 0.29) is 0 Å². The Labute approximate surface area is 123 Å². The van der Waals surface area contributed by atoms with Crippen molar-refractivity contribution in [1.29, 1.82) is 0 Å². The second-order valence-corrected chi connectivity index (χ2v) is 6.93. The Hall–Kier alpha value is -1.52. The highest BCUT2D eigenvalue weighted by Gasteiger charge is 2.54. The lowest BCUT2D eigenvalue weighted by atomic mass is 9.93. The van der Waals surface area contributed by atoms with Crippen molar-refractivity contribution in [1.82, 2.24) is 9.88 Å². The SMILES string of the molecule is OCC1C2CC3c4[nH]c5ccc(O)cc5c4CCN(C2)C31. The van der Waals surface area contributed by atoms with Crippen molar-refractivity contribution in [2.75, 3.05) is 19.7 Å². The van der Waals surface area contributed by atoms with Crippen LogP contribution in [0.4, 0.5) is 0 Å². The molecule has 4 atom stereocenters. The smallest absolute Gasteiger partial charge is 0.116 e. The molecule has 3 N–H and O–H groups in total. The van der Waals surface area contributed by atoms with E-state index in [0.29, 0.717) is 36.2 Å². The van der Waals surface area contributed by atoms with Crippen LogP contribution in [0.5, 0.6) is 5.75 Å². The topological polar surface area (TPSA) is 59.5 Å². The van der Waals surface area contributed by atoms with Gasteiger partial charge in [-0.3, -0.25) is 4.90 Å². The molecular formula is C17H20N2O2. The molecule has 110 valence electrons. The molecule has 4 unspecified atom stereocenters. The van der Waals surface area contributed by atoms with Gasteiger partial charge in [-0.25, -0.2) is 0 Å². The number of aromatic nitrogens is 1. The number of hydrogen-bond donors (Lipinski definition) is 3. The fourth-order valence-corrected chi connectivity index (χ4v) is 5.26. The van der Waals surface area contributed by atoms with Gasteiger partial charge in [0.25, 0.3) is 0 Å². The first kappa shape index (κ1) is 12.1. The highest BCUT2D eigenvalue weighted by atomic mass is 16.3. The number of aromatic amines is 1. The summed E-state index contributed by atoms with van der Waals surface area (Å²) in [5, 5.41) is 20.7. The van der Waals surface area contributed by atoms with Gasteiger partial charge in [0.15, 0.2) is 0 Å². The molecule has 1 saturated carbocycles. The van der Waals surface area contributed by atoms with E-state index in [0.717, 1.165) is 25.0 Å². The van der Waals surface area contributed by atoms with Gasteiger partial charge in [-0.05, 0) is 42.5 Å². The molecule has 5 rings (SSSR count). The minimum atomic E-state index is 0.318. The summed E-state index contributed by atoms with van der Waals surface area (Å²) in [6.07, 6.45) is 2.23.